The molecule has 14 unspecified atom stereocenters. The summed E-state index contributed by atoms with van der Waals surface area (Å²) in [5.74, 6) is 0. The normalized spacial score (nSPS) is 39.8. The molecular formula is C42H63NO16S. The van der Waals surface area contributed by atoms with Gasteiger partial charge in [-0.15, -0.1) is 0 Å². The molecule has 0 aromatic rings. The van der Waals surface area contributed by atoms with Crippen molar-refractivity contribution in [3.05, 3.63) is 35.5 Å². The molecule has 14 atom stereocenters. The summed E-state index contributed by atoms with van der Waals surface area (Å²) >= 11 is 0.994. The van der Waals surface area contributed by atoms with Gasteiger partial charge in [-0.3, -0.25) is 0 Å². The highest BCUT2D eigenvalue weighted by Crippen LogP contribution is 2.41. The van der Waals surface area contributed by atoms with Crippen molar-refractivity contribution in [2.75, 3.05) is 6.79 Å². The molecule has 0 saturated carbocycles. The standard InChI is InChI=1S/C42H63NO16S/c1-40(2,3)43-37(47)57-27-18-30-29(50-20-51-30)15-22(45)12-25(27)35-54-32-16-23(46)13-26(28(19-34(32)56-35)58-39(49)60-42(7,8)9)36-53-31-14-21(44)10-11-24(17-33(31)55-36)52-38(48)59-41(4,5)6/h10-13,21-24,27-36,44-46H,14-20H2,1-9H3,(H,43,47)/b11-10+,25-12-,26-13-. The fourth-order valence-electron chi connectivity index (χ4n) is 7.94. The molecule has 0 spiro atoms. The lowest BCUT2D eigenvalue weighted by Gasteiger charge is -2.32. The minimum atomic E-state index is -1.16. The number of aliphatic hydroxyl groups is 3. The van der Waals surface area contributed by atoms with Gasteiger partial charge in [-0.05, 0) is 71.5 Å². The van der Waals surface area contributed by atoms with Crippen molar-refractivity contribution >= 4 is 29.3 Å². The van der Waals surface area contributed by atoms with Crippen molar-refractivity contribution in [2.45, 2.75) is 203 Å². The van der Waals surface area contributed by atoms with Gasteiger partial charge in [0.2, 0.25) is 0 Å². The van der Waals surface area contributed by atoms with E-state index in [0.29, 0.717) is 11.1 Å². The fraction of sp³-hybridized carbons (Fsp3) is 0.786. The number of fused-ring (bicyclic) bond motifs is 3. The van der Waals surface area contributed by atoms with Gasteiger partial charge >= 0.3 is 17.5 Å². The first-order valence-corrected chi connectivity index (χ1v) is 21.6. The van der Waals surface area contributed by atoms with E-state index in [-0.39, 0.29) is 45.3 Å². The summed E-state index contributed by atoms with van der Waals surface area (Å²) in [6.45, 7) is 16.3. The molecule has 0 aromatic carbocycles. The van der Waals surface area contributed by atoms with Crippen molar-refractivity contribution in [1.82, 2.24) is 5.32 Å². The van der Waals surface area contributed by atoms with E-state index in [1.54, 1.807) is 39.0 Å². The molecule has 1 amide bonds. The van der Waals surface area contributed by atoms with Gasteiger partial charge in [0.05, 0.1) is 54.9 Å². The van der Waals surface area contributed by atoms with E-state index in [2.05, 4.69) is 5.32 Å². The molecule has 4 N–H and O–H groups in total. The van der Waals surface area contributed by atoms with Gasteiger partial charge in [-0.1, -0.05) is 26.8 Å². The molecule has 60 heavy (non-hydrogen) atoms. The highest BCUT2D eigenvalue weighted by molar-refractivity contribution is 8.14. The third-order valence-electron chi connectivity index (χ3n) is 10.4. The van der Waals surface area contributed by atoms with E-state index in [1.165, 1.54) is 6.08 Å². The molecule has 6 aliphatic rings. The predicted molar refractivity (Wildman–Crippen MR) is 215 cm³/mol. The van der Waals surface area contributed by atoms with Crippen molar-refractivity contribution in [3.63, 3.8) is 0 Å². The lowest BCUT2D eigenvalue weighted by atomic mass is 9.91. The van der Waals surface area contributed by atoms with Gasteiger partial charge in [0.25, 0.3) is 0 Å². The average Bonchev–Trinajstić information content (AvgIpc) is 3.78. The van der Waals surface area contributed by atoms with Crippen LogP contribution in [-0.2, 0) is 47.4 Å². The molecule has 3 aliphatic carbocycles. The van der Waals surface area contributed by atoms with Crippen LogP contribution in [0.2, 0.25) is 0 Å². The monoisotopic (exact) mass is 869 g/mol. The molecule has 3 heterocycles. The van der Waals surface area contributed by atoms with Crippen molar-refractivity contribution in [1.29, 1.82) is 0 Å². The lowest BCUT2D eigenvalue weighted by Crippen LogP contribution is -2.45. The van der Waals surface area contributed by atoms with Gasteiger partial charge in [0.15, 0.2) is 12.6 Å². The van der Waals surface area contributed by atoms with Crippen LogP contribution in [0.4, 0.5) is 14.4 Å². The highest BCUT2D eigenvalue weighted by atomic mass is 32.2. The topological polar surface area (TPSA) is 216 Å². The van der Waals surface area contributed by atoms with Gasteiger partial charge in [-0.25, -0.2) is 14.4 Å². The Morgan fingerprint density at radius 3 is 1.67 bits per heavy atom. The number of hydrogen-bond acceptors (Lipinski definition) is 17. The summed E-state index contributed by atoms with van der Waals surface area (Å²) in [7, 11) is 0. The minimum Gasteiger partial charge on any atom is -0.449 e. The quantitative estimate of drug-likeness (QED) is 0.161. The van der Waals surface area contributed by atoms with Crippen LogP contribution in [-0.4, -0.2) is 141 Å². The molecule has 3 fully saturated rings. The summed E-state index contributed by atoms with van der Waals surface area (Å²) in [4.78, 5) is 39.3. The van der Waals surface area contributed by atoms with Crippen molar-refractivity contribution < 1.29 is 77.1 Å². The SMILES string of the molecule is CC(C)(C)NC(=O)OC1CC2OCOC2CC(O)/C=C/1C1OC2CC(O)/C=C(\C3OC4CC(O)/C=C/C(OC(=O)OC(C)(C)C)CC4O3)C(OC(=O)SC(C)(C)C)CC2O1. The predicted octanol–water partition coefficient (Wildman–Crippen LogP) is 5.07. The average molecular weight is 870 g/mol. The maximum absolute atomic E-state index is 13.5. The third kappa shape index (κ3) is 13.1. The molecule has 338 valence electrons. The van der Waals surface area contributed by atoms with E-state index in [0.717, 1.165) is 11.8 Å². The fourth-order valence-corrected chi connectivity index (χ4v) is 8.60. The zero-order valence-electron chi connectivity index (χ0n) is 35.9. The molecule has 3 aliphatic heterocycles. The second-order valence-corrected chi connectivity index (χ2v) is 20.9. The van der Waals surface area contributed by atoms with Gasteiger partial charge in [0, 0.05) is 60.0 Å². The summed E-state index contributed by atoms with van der Waals surface area (Å²) in [6.07, 6.45) is -6.39. The van der Waals surface area contributed by atoms with Crippen LogP contribution < -0.4 is 5.32 Å². The first-order chi connectivity index (χ1) is 28.0. The second kappa shape index (κ2) is 18.9. The zero-order chi connectivity index (χ0) is 43.7. The number of aliphatic hydroxyl groups excluding tert-OH is 3. The number of alkyl carbamates (subject to hydrolysis) is 1. The molecule has 0 aromatic heterocycles. The van der Waals surface area contributed by atoms with Crippen LogP contribution in [0.1, 0.15) is 101 Å². The maximum atomic E-state index is 13.5. The van der Waals surface area contributed by atoms with Crippen LogP contribution >= 0.6 is 11.8 Å². The first kappa shape index (κ1) is 46.7. The van der Waals surface area contributed by atoms with E-state index in [9.17, 15) is 29.7 Å². The summed E-state index contributed by atoms with van der Waals surface area (Å²) in [5.41, 5.74) is -0.689. The Balaban J connectivity index is 1.25. The van der Waals surface area contributed by atoms with E-state index in [1.807, 2.05) is 41.5 Å². The minimum absolute atomic E-state index is 0.0352. The highest BCUT2D eigenvalue weighted by Gasteiger charge is 2.50. The Kier molecular flexibility index (Phi) is 14.7. The van der Waals surface area contributed by atoms with Crippen molar-refractivity contribution in [3.8, 4) is 0 Å². The Labute approximate surface area is 355 Å². The van der Waals surface area contributed by atoms with Crippen LogP contribution in [0, 0.1) is 0 Å². The molecule has 0 radical (unpaired) electrons. The smallest absolute Gasteiger partial charge is 0.449 e. The van der Waals surface area contributed by atoms with Gasteiger partial charge in [-0.2, -0.15) is 0 Å². The number of ether oxygens (including phenoxy) is 10. The lowest BCUT2D eigenvalue weighted by molar-refractivity contribution is -0.0682. The number of thioether (sulfide) groups is 1. The number of hydrogen-bond donors (Lipinski definition) is 4. The second-order valence-electron chi connectivity index (χ2n) is 19.2. The maximum Gasteiger partial charge on any atom is 0.509 e. The van der Waals surface area contributed by atoms with Crippen LogP contribution in [0.5, 0.6) is 0 Å². The Bertz CT molecular complexity index is 1630. The van der Waals surface area contributed by atoms with Gasteiger partial charge < -0.3 is 68.0 Å². The third-order valence-corrected chi connectivity index (χ3v) is 11.3. The van der Waals surface area contributed by atoms with Gasteiger partial charge in [0.1, 0.15) is 30.7 Å². The number of carbonyl (C=O) groups is 3. The number of carbonyl (C=O) groups excluding carboxylic acids is 3. The van der Waals surface area contributed by atoms with E-state index >= 15 is 0 Å². The Morgan fingerprint density at radius 2 is 1.12 bits per heavy atom. The molecule has 0 bridgehead atoms. The molecule has 3 saturated heterocycles. The first-order valence-electron chi connectivity index (χ1n) is 20.8. The molecule has 18 heteroatoms. The Hall–Kier alpha value is -2.78. The van der Waals surface area contributed by atoms with E-state index < -0.39 is 119 Å². The number of amides is 1. The summed E-state index contributed by atoms with van der Waals surface area (Å²) in [5, 5.41) is 35.9. The Morgan fingerprint density at radius 1 is 0.633 bits per heavy atom. The summed E-state index contributed by atoms with van der Waals surface area (Å²) in [6, 6.07) is 0. The van der Waals surface area contributed by atoms with Crippen molar-refractivity contribution in [2.24, 2.45) is 0 Å². The van der Waals surface area contributed by atoms with Crippen LogP contribution in [0.15, 0.2) is 35.5 Å². The molecular weight excluding hydrogens is 807 g/mol. The molecule has 6 rings (SSSR count). The van der Waals surface area contributed by atoms with Crippen LogP contribution in [0.25, 0.3) is 0 Å². The summed E-state index contributed by atoms with van der Waals surface area (Å²) < 4.78 is 60.2. The number of rotatable bonds is 5. The largest absolute Gasteiger partial charge is 0.509 e. The van der Waals surface area contributed by atoms with E-state index in [4.69, 9.17) is 47.4 Å². The number of nitrogens with one attached hydrogen (secondary N) is 1. The van der Waals surface area contributed by atoms with Crippen LogP contribution in [0.3, 0.4) is 0 Å². The zero-order valence-corrected chi connectivity index (χ0v) is 36.7. The molecule has 17 nitrogen and oxygen atoms in total.